The van der Waals surface area contributed by atoms with E-state index in [1.807, 2.05) is 6.92 Å². The first-order chi connectivity index (χ1) is 19.4. The van der Waals surface area contributed by atoms with Crippen LogP contribution in [-0.4, -0.2) is 80.2 Å². The van der Waals surface area contributed by atoms with Crippen molar-refractivity contribution in [2.24, 2.45) is 5.92 Å². The Morgan fingerprint density at radius 2 is 1.63 bits per heavy atom. The van der Waals surface area contributed by atoms with Gasteiger partial charge in [-0.25, -0.2) is 4.79 Å². The third-order valence-corrected chi connectivity index (χ3v) is 8.26. The molecule has 1 amide bonds. The molecule has 4 rings (SSSR count). The summed E-state index contributed by atoms with van der Waals surface area (Å²) in [6, 6.07) is 5.08. The van der Waals surface area contributed by atoms with Gasteiger partial charge in [0.25, 0.3) is 16.0 Å². The molecule has 0 aromatic heterocycles. The monoisotopic (exact) mass is 593 g/mol. The lowest BCUT2D eigenvalue weighted by atomic mass is 10.1. The lowest BCUT2D eigenvalue weighted by Gasteiger charge is -2.27. The average molecular weight is 594 g/mol. The summed E-state index contributed by atoms with van der Waals surface area (Å²) >= 11 is 0. The summed E-state index contributed by atoms with van der Waals surface area (Å²) in [7, 11) is -1.65. The number of carboxylic acids is 1. The number of amides is 1. The zero-order valence-electron chi connectivity index (χ0n) is 23.1. The molecular weight excluding hydrogens is 558 g/mol. The maximum Gasteiger partial charge on any atom is 0.337 e. The van der Waals surface area contributed by atoms with Crippen LogP contribution in [0.4, 0.5) is 11.4 Å². The number of nitrogens with zero attached hydrogens (tertiary/aromatic N) is 1. The molecule has 1 saturated heterocycles. The molecule has 13 nitrogen and oxygen atoms in total. The molecule has 2 unspecified atom stereocenters. The van der Waals surface area contributed by atoms with Gasteiger partial charge in [0.15, 0.2) is 28.4 Å². The molecule has 0 bridgehead atoms. The number of aromatic carboxylic acids is 1. The largest absolute Gasteiger partial charge is 0.493 e. The molecule has 2 aromatic carbocycles. The van der Waals surface area contributed by atoms with E-state index < -0.39 is 27.5 Å². The molecular formula is C27H35N3O10S. The number of nitrogens with two attached hydrogens (primary N) is 1. The summed E-state index contributed by atoms with van der Waals surface area (Å²) < 4.78 is 56.8. The summed E-state index contributed by atoms with van der Waals surface area (Å²) in [5.74, 6) is -0.140. The van der Waals surface area contributed by atoms with E-state index >= 15 is 0 Å². The van der Waals surface area contributed by atoms with E-state index in [0.717, 1.165) is 6.42 Å². The number of carboxylic acid groups (broad SMARTS) is 1. The minimum atomic E-state index is -4.51. The molecule has 1 fully saturated rings. The van der Waals surface area contributed by atoms with Gasteiger partial charge in [-0.2, -0.15) is 8.42 Å². The second-order valence-electron chi connectivity index (χ2n) is 10.1. The van der Waals surface area contributed by atoms with Crippen molar-refractivity contribution in [1.82, 2.24) is 4.90 Å². The number of rotatable bonds is 12. The number of unbranched alkanes of at least 4 members (excludes halogenated alkanes) is 2. The number of hydrogen-bond acceptors (Lipinski definition) is 10. The van der Waals surface area contributed by atoms with Crippen molar-refractivity contribution in [3.8, 4) is 23.0 Å². The van der Waals surface area contributed by atoms with Crippen LogP contribution < -0.4 is 30.0 Å². The Morgan fingerprint density at radius 3 is 2.22 bits per heavy atom. The van der Waals surface area contributed by atoms with Gasteiger partial charge in [0.2, 0.25) is 0 Å². The van der Waals surface area contributed by atoms with Crippen molar-refractivity contribution >= 4 is 33.4 Å². The Morgan fingerprint density at radius 1 is 1.02 bits per heavy atom. The van der Waals surface area contributed by atoms with Gasteiger partial charge in [0.05, 0.1) is 56.0 Å². The maximum absolute atomic E-state index is 13.3. The number of carbonyl (C=O) groups excluding carboxylic acids is 1. The molecule has 2 aromatic rings. The standard InChI is InChI=1S/C27H35N3O10S/c1-15-9-20-25(41(34,35)36)29-19-13-24(22(38-3)11-17(19)26(31)30(20)14-15)40-8-6-4-5-7-39-23-12-18(28)16(27(32)33)10-21(23)37-2/h10-13,15,20,25,29H,4-9,14,28H2,1-3H3,(H,32,33)(H,34,35,36)/t15?,20-,25?/m0/s1. The molecule has 41 heavy (non-hydrogen) atoms. The first kappa shape index (κ1) is 30.1. The fourth-order valence-corrected chi connectivity index (χ4v) is 6.12. The molecule has 0 spiro atoms. The van der Waals surface area contributed by atoms with Crippen molar-refractivity contribution in [2.45, 2.75) is 44.0 Å². The summed E-state index contributed by atoms with van der Waals surface area (Å²) in [5.41, 5.74) is 6.29. The summed E-state index contributed by atoms with van der Waals surface area (Å²) in [6.45, 7) is 2.96. The van der Waals surface area contributed by atoms with Crippen LogP contribution in [0.2, 0.25) is 0 Å². The number of hydrogen-bond donors (Lipinski definition) is 4. The third kappa shape index (κ3) is 6.54. The van der Waals surface area contributed by atoms with Gasteiger partial charge < -0.3 is 40.0 Å². The highest BCUT2D eigenvalue weighted by atomic mass is 32.2. The Kier molecular flexibility index (Phi) is 9.02. The van der Waals surface area contributed by atoms with Crippen LogP contribution in [0.3, 0.4) is 0 Å². The molecule has 0 aliphatic carbocycles. The SMILES string of the molecule is COc1cc(C(=O)O)c(N)cc1OCCCCCOc1cc2c(cc1OC)C(=O)N1CC(C)C[C@H]1C(S(=O)(=O)O)N2. The number of ether oxygens (including phenoxy) is 4. The minimum Gasteiger partial charge on any atom is -0.493 e. The molecule has 224 valence electrons. The van der Waals surface area contributed by atoms with Crippen LogP contribution >= 0.6 is 0 Å². The van der Waals surface area contributed by atoms with E-state index in [2.05, 4.69) is 5.32 Å². The molecule has 0 radical (unpaired) electrons. The zero-order valence-corrected chi connectivity index (χ0v) is 23.9. The van der Waals surface area contributed by atoms with E-state index in [1.165, 1.54) is 43.4 Å². The summed E-state index contributed by atoms with van der Waals surface area (Å²) in [6.07, 6.45) is 2.48. The van der Waals surface area contributed by atoms with E-state index in [0.29, 0.717) is 56.3 Å². The van der Waals surface area contributed by atoms with Crippen molar-refractivity contribution in [2.75, 3.05) is 45.0 Å². The second kappa shape index (κ2) is 12.3. The van der Waals surface area contributed by atoms with Crippen LogP contribution in [-0.2, 0) is 10.1 Å². The highest BCUT2D eigenvalue weighted by Gasteiger charge is 2.46. The van der Waals surface area contributed by atoms with Crippen molar-refractivity contribution in [3.63, 3.8) is 0 Å². The van der Waals surface area contributed by atoms with Gasteiger partial charge in [-0.3, -0.25) is 9.35 Å². The second-order valence-corrected chi connectivity index (χ2v) is 11.7. The van der Waals surface area contributed by atoms with Crippen molar-refractivity contribution < 1.29 is 46.6 Å². The predicted octanol–water partition coefficient (Wildman–Crippen LogP) is 3.10. The van der Waals surface area contributed by atoms with Gasteiger partial charge in [-0.05, 0) is 37.7 Å². The number of anilines is 2. The molecule has 2 aliphatic heterocycles. The van der Waals surface area contributed by atoms with E-state index in [-0.39, 0.29) is 40.1 Å². The number of benzene rings is 2. The maximum atomic E-state index is 13.3. The summed E-state index contributed by atoms with van der Waals surface area (Å²) in [5, 5.41) is 10.7. The number of nitrogen functional groups attached to an aromatic ring is 1. The fourth-order valence-electron chi connectivity index (χ4n) is 5.19. The Balaban J connectivity index is 1.37. The van der Waals surface area contributed by atoms with Crippen LogP contribution in [0, 0.1) is 5.92 Å². The van der Waals surface area contributed by atoms with E-state index in [9.17, 15) is 27.7 Å². The Hall–Kier alpha value is -3.91. The predicted molar refractivity (Wildman–Crippen MR) is 150 cm³/mol. The lowest BCUT2D eigenvalue weighted by molar-refractivity contribution is 0.0695. The number of methoxy groups -OCH3 is 2. The molecule has 2 aliphatic rings. The zero-order chi connectivity index (χ0) is 29.9. The van der Waals surface area contributed by atoms with Crippen LogP contribution in [0.25, 0.3) is 0 Å². The van der Waals surface area contributed by atoms with Gasteiger partial charge in [0.1, 0.15) is 0 Å². The minimum absolute atomic E-state index is 0.0670. The van der Waals surface area contributed by atoms with Crippen molar-refractivity contribution in [1.29, 1.82) is 0 Å². The van der Waals surface area contributed by atoms with Gasteiger partial charge >= 0.3 is 5.97 Å². The quantitative estimate of drug-likeness (QED) is 0.160. The highest BCUT2D eigenvalue weighted by Crippen LogP contribution is 2.40. The molecule has 5 N–H and O–H groups in total. The highest BCUT2D eigenvalue weighted by molar-refractivity contribution is 7.86. The van der Waals surface area contributed by atoms with Crippen LogP contribution in [0.15, 0.2) is 24.3 Å². The van der Waals surface area contributed by atoms with Crippen molar-refractivity contribution in [3.05, 3.63) is 35.4 Å². The lowest BCUT2D eigenvalue weighted by Crippen LogP contribution is -2.47. The number of fused-ring (bicyclic) bond motifs is 2. The molecule has 2 heterocycles. The average Bonchev–Trinajstić information content (AvgIpc) is 3.25. The van der Waals surface area contributed by atoms with Gasteiger partial charge in [-0.1, -0.05) is 6.92 Å². The van der Waals surface area contributed by atoms with Gasteiger partial charge in [-0.15, -0.1) is 0 Å². The first-order valence-corrected chi connectivity index (χ1v) is 14.7. The van der Waals surface area contributed by atoms with Crippen LogP contribution in [0.1, 0.15) is 53.3 Å². The van der Waals surface area contributed by atoms with Gasteiger partial charge in [0, 0.05) is 24.7 Å². The fraction of sp³-hybridized carbons (Fsp3) is 0.481. The Labute approximate surface area is 238 Å². The summed E-state index contributed by atoms with van der Waals surface area (Å²) in [4.78, 5) is 26.1. The third-order valence-electron chi connectivity index (χ3n) is 7.19. The van der Waals surface area contributed by atoms with E-state index in [1.54, 1.807) is 0 Å². The topological polar surface area (TPSA) is 187 Å². The normalized spacial score (nSPS) is 20.0. The molecule has 14 heteroatoms. The molecule has 0 saturated carbocycles. The Bertz CT molecular complexity index is 1410. The number of nitrogens with one attached hydrogen (secondary N) is 1. The number of carbonyl (C=O) groups is 2. The van der Waals surface area contributed by atoms with Crippen LogP contribution in [0.5, 0.6) is 23.0 Å². The smallest absolute Gasteiger partial charge is 0.337 e. The van der Waals surface area contributed by atoms with E-state index in [4.69, 9.17) is 24.7 Å². The first-order valence-electron chi connectivity index (χ1n) is 13.2. The molecule has 3 atom stereocenters.